The van der Waals surface area contributed by atoms with Crippen molar-refractivity contribution in [3.8, 4) is 5.75 Å². The van der Waals surface area contributed by atoms with E-state index < -0.39 is 15.9 Å². The number of benzene rings is 2. The highest BCUT2D eigenvalue weighted by Gasteiger charge is 2.21. The van der Waals surface area contributed by atoms with Gasteiger partial charge in [-0.3, -0.25) is 9.59 Å². The zero-order valence-corrected chi connectivity index (χ0v) is 20.5. The largest absolute Gasteiger partial charge is 0.495 e. The maximum Gasteiger partial charge on any atom is 0.247 e. The Labute approximate surface area is 199 Å². The van der Waals surface area contributed by atoms with Crippen molar-refractivity contribution >= 4 is 27.9 Å². The van der Waals surface area contributed by atoms with Gasteiger partial charge in [0.1, 0.15) is 16.5 Å². The quantitative estimate of drug-likeness (QED) is 0.471. The van der Waals surface area contributed by atoms with Crippen molar-refractivity contribution in [1.82, 2.24) is 14.9 Å². The number of carbonyl (C=O) groups excluding carboxylic acids is 2. The summed E-state index contributed by atoms with van der Waals surface area (Å²) in [6.07, 6.45) is 2.76. The van der Waals surface area contributed by atoms with Crippen LogP contribution in [0.4, 0.5) is 4.39 Å². The third kappa shape index (κ3) is 7.96. The second-order valence-corrected chi connectivity index (χ2v) is 9.46. The lowest BCUT2D eigenvalue weighted by molar-refractivity contribution is -0.132. The Morgan fingerprint density at radius 3 is 2.41 bits per heavy atom. The molecule has 0 spiro atoms. The molecule has 2 aromatic rings. The minimum atomic E-state index is -3.81. The topological polar surface area (TPSA) is 105 Å². The van der Waals surface area contributed by atoms with E-state index in [2.05, 4.69) is 10.0 Å². The minimum Gasteiger partial charge on any atom is -0.495 e. The molecule has 0 aliphatic heterocycles. The van der Waals surface area contributed by atoms with E-state index in [0.717, 1.165) is 5.56 Å². The molecule has 0 unspecified atom stereocenters. The average Bonchev–Trinajstić information content (AvgIpc) is 2.79. The predicted octanol–water partition coefficient (Wildman–Crippen LogP) is 2.70. The Kier molecular flexibility index (Phi) is 9.76. The van der Waals surface area contributed by atoms with Crippen LogP contribution in [-0.4, -0.2) is 51.4 Å². The molecule has 2 N–H and O–H groups in total. The molecule has 0 aromatic heterocycles. The third-order valence-corrected chi connectivity index (χ3v) is 6.40. The van der Waals surface area contributed by atoms with Crippen molar-refractivity contribution < 1.29 is 27.1 Å². The lowest BCUT2D eigenvalue weighted by Gasteiger charge is -2.18. The highest BCUT2D eigenvalue weighted by atomic mass is 32.2. The summed E-state index contributed by atoms with van der Waals surface area (Å²) < 4.78 is 45.9. The summed E-state index contributed by atoms with van der Waals surface area (Å²) in [6, 6.07) is 10.0. The van der Waals surface area contributed by atoms with Gasteiger partial charge in [0, 0.05) is 25.2 Å². The summed E-state index contributed by atoms with van der Waals surface area (Å²) in [5, 5.41) is 2.70. The van der Waals surface area contributed by atoms with E-state index in [1.165, 1.54) is 48.4 Å². The number of carbonyl (C=O) groups is 2. The first-order valence-electron chi connectivity index (χ1n) is 10.7. The molecule has 2 aromatic carbocycles. The Hall–Kier alpha value is -3.24. The Morgan fingerprint density at radius 1 is 1.15 bits per heavy atom. The van der Waals surface area contributed by atoms with Crippen LogP contribution in [-0.2, 0) is 26.2 Å². The van der Waals surface area contributed by atoms with Crippen LogP contribution in [0.3, 0.4) is 0 Å². The number of hydrogen-bond donors (Lipinski definition) is 2. The average molecular weight is 492 g/mol. The fourth-order valence-electron chi connectivity index (χ4n) is 3.03. The first-order chi connectivity index (χ1) is 16.1. The summed E-state index contributed by atoms with van der Waals surface area (Å²) in [6.45, 7) is 5.53. The van der Waals surface area contributed by atoms with Gasteiger partial charge in [-0.05, 0) is 62.2 Å². The van der Waals surface area contributed by atoms with Gasteiger partial charge in [-0.25, -0.2) is 17.5 Å². The van der Waals surface area contributed by atoms with E-state index in [0.29, 0.717) is 12.1 Å². The van der Waals surface area contributed by atoms with Crippen molar-refractivity contribution in [2.75, 3.05) is 20.2 Å². The fraction of sp³-hybridized carbons (Fsp3) is 0.333. The smallest absolute Gasteiger partial charge is 0.247 e. The molecule has 0 radical (unpaired) electrons. The molecule has 0 fully saturated rings. The van der Waals surface area contributed by atoms with Crippen LogP contribution in [0.5, 0.6) is 5.75 Å². The van der Waals surface area contributed by atoms with Gasteiger partial charge >= 0.3 is 0 Å². The number of likely N-dealkylation sites (N-methyl/N-ethyl adjacent to an activating group) is 1. The molecule has 2 rings (SSSR count). The van der Waals surface area contributed by atoms with Crippen LogP contribution >= 0.6 is 0 Å². The number of sulfonamides is 1. The van der Waals surface area contributed by atoms with Crippen LogP contribution in [0.15, 0.2) is 53.4 Å². The van der Waals surface area contributed by atoms with Crippen molar-refractivity contribution in [3.05, 3.63) is 65.5 Å². The SMILES string of the molecule is CCN(CC(=O)NCc1ccc(F)cc1)C(=O)C=Cc1ccc(OC)c(S(=O)(=O)NC(C)C)c1. The number of nitrogens with zero attached hydrogens (tertiary/aromatic N) is 1. The number of methoxy groups -OCH3 is 1. The number of rotatable bonds is 11. The van der Waals surface area contributed by atoms with E-state index in [-0.39, 0.29) is 41.5 Å². The lowest BCUT2D eigenvalue weighted by Crippen LogP contribution is -2.39. The maximum atomic E-state index is 13.0. The zero-order valence-electron chi connectivity index (χ0n) is 19.7. The number of halogens is 1. The van der Waals surface area contributed by atoms with Crippen LogP contribution in [0.2, 0.25) is 0 Å². The molecule has 10 heteroatoms. The minimum absolute atomic E-state index is 0.0363. The van der Waals surface area contributed by atoms with Crippen molar-refractivity contribution in [2.24, 2.45) is 0 Å². The van der Waals surface area contributed by atoms with Gasteiger partial charge in [0.25, 0.3) is 0 Å². The molecule has 0 atom stereocenters. The Bertz CT molecular complexity index is 1130. The molecule has 0 heterocycles. The maximum absolute atomic E-state index is 13.0. The number of hydrogen-bond acceptors (Lipinski definition) is 5. The van der Waals surface area contributed by atoms with Gasteiger partial charge in [-0.2, -0.15) is 0 Å². The number of ether oxygens (including phenoxy) is 1. The molecule has 0 saturated heterocycles. The van der Waals surface area contributed by atoms with Crippen LogP contribution < -0.4 is 14.8 Å². The van der Waals surface area contributed by atoms with E-state index in [9.17, 15) is 22.4 Å². The molecule has 34 heavy (non-hydrogen) atoms. The highest BCUT2D eigenvalue weighted by Crippen LogP contribution is 2.25. The Balaban J connectivity index is 2.06. The first-order valence-corrected chi connectivity index (χ1v) is 12.2. The van der Waals surface area contributed by atoms with Gasteiger partial charge in [-0.1, -0.05) is 18.2 Å². The summed E-state index contributed by atoms with van der Waals surface area (Å²) >= 11 is 0. The fourth-order valence-corrected chi connectivity index (χ4v) is 4.49. The second-order valence-electron chi connectivity index (χ2n) is 7.78. The number of nitrogens with one attached hydrogen (secondary N) is 2. The summed E-state index contributed by atoms with van der Waals surface area (Å²) in [5.41, 5.74) is 1.22. The molecule has 0 saturated carbocycles. The van der Waals surface area contributed by atoms with Gasteiger partial charge < -0.3 is 15.0 Å². The molecule has 0 aliphatic carbocycles. The predicted molar refractivity (Wildman–Crippen MR) is 128 cm³/mol. The van der Waals surface area contributed by atoms with E-state index in [1.807, 2.05) is 0 Å². The third-order valence-electron chi connectivity index (χ3n) is 4.72. The van der Waals surface area contributed by atoms with Gasteiger partial charge in [0.2, 0.25) is 21.8 Å². The second kappa shape index (κ2) is 12.3. The van der Waals surface area contributed by atoms with Crippen molar-refractivity contribution in [3.63, 3.8) is 0 Å². The van der Waals surface area contributed by atoms with Crippen LogP contribution in [0.25, 0.3) is 6.08 Å². The van der Waals surface area contributed by atoms with Crippen LogP contribution in [0.1, 0.15) is 31.9 Å². The highest BCUT2D eigenvalue weighted by molar-refractivity contribution is 7.89. The molecule has 184 valence electrons. The van der Waals surface area contributed by atoms with Crippen molar-refractivity contribution in [2.45, 2.75) is 38.3 Å². The monoisotopic (exact) mass is 491 g/mol. The molecule has 8 nitrogen and oxygen atoms in total. The zero-order chi connectivity index (χ0) is 25.3. The van der Waals surface area contributed by atoms with E-state index in [4.69, 9.17) is 4.74 Å². The normalized spacial score (nSPS) is 11.6. The standard InChI is InChI=1S/C24H30FN3O5S/c1-5-28(16-23(29)26-15-19-6-10-20(25)11-7-19)24(30)13-9-18-8-12-21(33-4)22(14-18)34(31,32)27-17(2)3/h6-14,17,27H,5,15-16H2,1-4H3,(H,26,29). The van der Waals surface area contributed by atoms with E-state index >= 15 is 0 Å². The molecular weight excluding hydrogens is 461 g/mol. The number of amides is 2. The van der Waals surface area contributed by atoms with Gasteiger partial charge in [0.05, 0.1) is 13.7 Å². The molecule has 0 aliphatic rings. The molecular formula is C24H30FN3O5S. The molecule has 2 amide bonds. The summed E-state index contributed by atoms with van der Waals surface area (Å²) in [4.78, 5) is 26.2. The summed E-state index contributed by atoms with van der Waals surface area (Å²) in [5.74, 6) is -0.933. The lowest BCUT2D eigenvalue weighted by atomic mass is 10.2. The Morgan fingerprint density at radius 2 is 1.82 bits per heavy atom. The van der Waals surface area contributed by atoms with Gasteiger partial charge in [0.15, 0.2) is 0 Å². The van der Waals surface area contributed by atoms with E-state index in [1.54, 1.807) is 39.0 Å². The van der Waals surface area contributed by atoms with Crippen molar-refractivity contribution in [1.29, 1.82) is 0 Å². The first kappa shape index (κ1) is 27.0. The van der Waals surface area contributed by atoms with Gasteiger partial charge in [-0.15, -0.1) is 0 Å². The van der Waals surface area contributed by atoms with Crippen LogP contribution in [0, 0.1) is 5.82 Å². The summed E-state index contributed by atoms with van der Waals surface area (Å²) in [7, 11) is -2.43. The molecule has 0 bridgehead atoms.